The molecule has 0 aromatic heterocycles. The molecule has 0 heterocycles. The summed E-state index contributed by atoms with van der Waals surface area (Å²) in [5.41, 5.74) is 5.39. The van der Waals surface area contributed by atoms with E-state index in [0.717, 1.165) is 6.42 Å². The van der Waals surface area contributed by atoms with Crippen molar-refractivity contribution in [3.63, 3.8) is 0 Å². The highest BCUT2D eigenvalue weighted by atomic mass is 16.5. The standard InChI is InChI=1S/C8H19NO/c1-5-8(3,4)10-7(2)6-9/h7H,5-6,9H2,1-4H3. The van der Waals surface area contributed by atoms with Gasteiger partial charge in [-0.15, -0.1) is 0 Å². The van der Waals surface area contributed by atoms with Gasteiger partial charge in [0.15, 0.2) is 0 Å². The molecule has 0 aliphatic carbocycles. The van der Waals surface area contributed by atoms with Crippen LogP contribution >= 0.6 is 0 Å². The number of hydrogen-bond acceptors (Lipinski definition) is 2. The van der Waals surface area contributed by atoms with Gasteiger partial charge in [0.25, 0.3) is 0 Å². The smallest absolute Gasteiger partial charge is 0.0676 e. The minimum absolute atomic E-state index is 0.0151. The van der Waals surface area contributed by atoms with Crippen LogP contribution in [-0.4, -0.2) is 18.2 Å². The van der Waals surface area contributed by atoms with Crippen LogP contribution in [0.1, 0.15) is 34.1 Å². The van der Waals surface area contributed by atoms with Crippen molar-refractivity contribution in [3.8, 4) is 0 Å². The fourth-order valence-electron chi connectivity index (χ4n) is 0.676. The highest BCUT2D eigenvalue weighted by molar-refractivity contribution is 4.67. The van der Waals surface area contributed by atoms with Crippen LogP contribution in [0.5, 0.6) is 0 Å². The maximum absolute atomic E-state index is 5.61. The van der Waals surface area contributed by atoms with Gasteiger partial charge < -0.3 is 10.5 Å². The van der Waals surface area contributed by atoms with Crippen LogP contribution in [0.2, 0.25) is 0 Å². The number of hydrogen-bond donors (Lipinski definition) is 1. The molecule has 0 aliphatic heterocycles. The Bertz CT molecular complexity index is 91.3. The van der Waals surface area contributed by atoms with E-state index in [-0.39, 0.29) is 11.7 Å². The molecular formula is C8H19NO. The highest BCUT2D eigenvalue weighted by Crippen LogP contribution is 2.15. The predicted octanol–water partition coefficient (Wildman–Crippen LogP) is 1.54. The Morgan fingerprint density at radius 3 is 2.30 bits per heavy atom. The van der Waals surface area contributed by atoms with Gasteiger partial charge >= 0.3 is 0 Å². The molecule has 0 rings (SSSR count). The lowest BCUT2D eigenvalue weighted by molar-refractivity contribution is -0.0611. The molecule has 0 amide bonds. The molecular weight excluding hydrogens is 126 g/mol. The molecule has 62 valence electrons. The van der Waals surface area contributed by atoms with Gasteiger partial charge in [-0.25, -0.2) is 0 Å². The van der Waals surface area contributed by atoms with Crippen LogP contribution in [0.4, 0.5) is 0 Å². The first-order chi connectivity index (χ1) is 4.52. The van der Waals surface area contributed by atoms with Crippen LogP contribution < -0.4 is 5.73 Å². The van der Waals surface area contributed by atoms with Crippen LogP contribution in [-0.2, 0) is 4.74 Å². The average molecular weight is 145 g/mol. The van der Waals surface area contributed by atoms with Gasteiger partial charge in [-0.2, -0.15) is 0 Å². The molecule has 0 radical (unpaired) electrons. The van der Waals surface area contributed by atoms with E-state index in [1.807, 2.05) is 6.92 Å². The molecule has 2 heteroatoms. The van der Waals surface area contributed by atoms with E-state index in [0.29, 0.717) is 6.54 Å². The molecule has 1 atom stereocenters. The van der Waals surface area contributed by atoms with Crippen molar-refractivity contribution in [2.75, 3.05) is 6.54 Å². The lowest BCUT2D eigenvalue weighted by Crippen LogP contribution is -2.32. The second kappa shape index (κ2) is 3.94. The summed E-state index contributed by atoms with van der Waals surface area (Å²) in [5, 5.41) is 0. The van der Waals surface area contributed by atoms with Crippen LogP contribution in [0.25, 0.3) is 0 Å². The van der Waals surface area contributed by atoms with Gasteiger partial charge in [-0.05, 0) is 27.2 Å². The summed E-state index contributed by atoms with van der Waals surface area (Å²) in [7, 11) is 0. The molecule has 2 N–H and O–H groups in total. The number of ether oxygens (including phenoxy) is 1. The largest absolute Gasteiger partial charge is 0.371 e. The zero-order valence-electron chi connectivity index (χ0n) is 7.48. The summed E-state index contributed by atoms with van der Waals surface area (Å²) in [5.74, 6) is 0. The van der Waals surface area contributed by atoms with Gasteiger partial charge in [0, 0.05) is 6.54 Å². The van der Waals surface area contributed by atoms with Crippen molar-refractivity contribution >= 4 is 0 Å². The van der Waals surface area contributed by atoms with Crippen molar-refractivity contribution in [3.05, 3.63) is 0 Å². The summed E-state index contributed by atoms with van der Waals surface area (Å²) >= 11 is 0. The Labute approximate surface area is 63.7 Å². The molecule has 10 heavy (non-hydrogen) atoms. The van der Waals surface area contributed by atoms with Crippen LogP contribution in [0, 0.1) is 0 Å². The van der Waals surface area contributed by atoms with Crippen molar-refractivity contribution in [2.24, 2.45) is 5.73 Å². The van der Waals surface area contributed by atoms with Crippen molar-refractivity contribution in [1.29, 1.82) is 0 Å². The first kappa shape index (κ1) is 9.92. The summed E-state index contributed by atoms with van der Waals surface area (Å²) in [6.07, 6.45) is 1.20. The molecule has 0 saturated carbocycles. The van der Waals surface area contributed by atoms with Crippen molar-refractivity contribution in [1.82, 2.24) is 0 Å². The Morgan fingerprint density at radius 1 is 1.50 bits per heavy atom. The van der Waals surface area contributed by atoms with Crippen LogP contribution in [0.15, 0.2) is 0 Å². The summed E-state index contributed by atoms with van der Waals surface area (Å²) in [6, 6.07) is 0. The number of nitrogens with two attached hydrogens (primary N) is 1. The molecule has 0 spiro atoms. The SMILES string of the molecule is CCC(C)(C)OC(C)CN. The van der Waals surface area contributed by atoms with Crippen LogP contribution in [0.3, 0.4) is 0 Å². The fraction of sp³-hybridized carbons (Fsp3) is 1.00. The summed E-state index contributed by atoms with van der Waals surface area (Å²) in [4.78, 5) is 0. The first-order valence-electron chi connectivity index (χ1n) is 3.89. The van der Waals surface area contributed by atoms with E-state index in [2.05, 4.69) is 20.8 Å². The molecule has 0 bridgehead atoms. The maximum Gasteiger partial charge on any atom is 0.0676 e. The number of rotatable bonds is 4. The van der Waals surface area contributed by atoms with Crippen molar-refractivity contribution in [2.45, 2.75) is 45.8 Å². The third-order valence-corrected chi connectivity index (χ3v) is 1.70. The summed E-state index contributed by atoms with van der Waals surface area (Å²) in [6.45, 7) is 8.88. The van der Waals surface area contributed by atoms with Gasteiger partial charge in [0.2, 0.25) is 0 Å². The van der Waals surface area contributed by atoms with Crippen molar-refractivity contribution < 1.29 is 4.74 Å². The van der Waals surface area contributed by atoms with E-state index in [1.54, 1.807) is 0 Å². The maximum atomic E-state index is 5.61. The average Bonchev–Trinajstić information content (AvgIpc) is 1.87. The quantitative estimate of drug-likeness (QED) is 0.651. The van der Waals surface area contributed by atoms with E-state index < -0.39 is 0 Å². The topological polar surface area (TPSA) is 35.2 Å². The third kappa shape index (κ3) is 3.85. The van der Waals surface area contributed by atoms with E-state index >= 15 is 0 Å². The minimum Gasteiger partial charge on any atom is -0.371 e. The van der Waals surface area contributed by atoms with Gasteiger partial charge in [-0.1, -0.05) is 6.92 Å². The minimum atomic E-state index is -0.0151. The Kier molecular flexibility index (Phi) is 3.91. The molecule has 0 aromatic carbocycles. The predicted molar refractivity (Wildman–Crippen MR) is 44.0 cm³/mol. The molecule has 0 aromatic rings. The molecule has 1 unspecified atom stereocenters. The summed E-state index contributed by atoms with van der Waals surface area (Å²) < 4.78 is 5.61. The Hall–Kier alpha value is -0.0800. The third-order valence-electron chi connectivity index (χ3n) is 1.70. The van der Waals surface area contributed by atoms with E-state index in [9.17, 15) is 0 Å². The second-order valence-electron chi connectivity index (χ2n) is 3.28. The molecule has 0 fully saturated rings. The van der Waals surface area contributed by atoms with Gasteiger partial charge in [0.05, 0.1) is 11.7 Å². The lowest BCUT2D eigenvalue weighted by atomic mass is 10.1. The molecule has 0 aliphatic rings. The lowest BCUT2D eigenvalue weighted by Gasteiger charge is -2.27. The normalized spacial score (nSPS) is 15.3. The molecule has 2 nitrogen and oxygen atoms in total. The monoisotopic (exact) mass is 145 g/mol. The van der Waals surface area contributed by atoms with Gasteiger partial charge in [-0.3, -0.25) is 0 Å². The second-order valence-corrected chi connectivity index (χ2v) is 3.28. The zero-order chi connectivity index (χ0) is 8.20. The Morgan fingerprint density at radius 2 is 2.00 bits per heavy atom. The van der Waals surface area contributed by atoms with Gasteiger partial charge in [0.1, 0.15) is 0 Å². The van der Waals surface area contributed by atoms with E-state index in [4.69, 9.17) is 10.5 Å². The first-order valence-corrected chi connectivity index (χ1v) is 3.89. The fourth-order valence-corrected chi connectivity index (χ4v) is 0.676. The Balaban J connectivity index is 3.64. The highest BCUT2D eigenvalue weighted by Gasteiger charge is 2.17. The zero-order valence-corrected chi connectivity index (χ0v) is 7.48. The van der Waals surface area contributed by atoms with E-state index in [1.165, 1.54) is 0 Å². The molecule has 0 saturated heterocycles.